The minimum absolute atomic E-state index is 0.0692. The van der Waals surface area contributed by atoms with E-state index >= 15 is 0 Å². The molecular formula is C9H9BrN2O2. The number of nitro groups is 1. The van der Waals surface area contributed by atoms with E-state index in [2.05, 4.69) is 27.8 Å². The summed E-state index contributed by atoms with van der Waals surface area (Å²) in [5, 5.41) is 13.5. The van der Waals surface area contributed by atoms with Gasteiger partial charge in [-0.25, -0.2) is 0 Å². The molecule has 0 heterocycles. The number of halogens is 1. The third kappa shape index (κ3) is 2.56. The lowest BCUT2D eigenvalue weighted by atomic mass is 10.3. The Balaban J connectivity index is 2.95. The second-order valence-corrected chi connectivity index (χ2v) is 3.45. The summed E-state index contributed by atoms with van der Waals surface area (Å²) >= 11 is 3.29. The average molecular weight is 257 g/mol. The first-order chi connectivity index (χ1) is 6.65. The number of anilines is 1. The molecule has 4 nitrogen and oxygen atoms in total. The highest BCUT2D eigenvalue weighted by molar-refractivity contribution is 9.10. The van der Waals surface area contributed by atoms with E-state index in [9.17, 15) is 10.1 Å². The Morgan fingerprint density at radius 3 is 2.93 bits per heavy atom. The number of nitrogens with zero attached hydrogens (tertiary/aromatic N) is 1. The number of hydrogen-bond acceptors (Lipinski definition) is 3. The molecule has 1 aromatic rings. The van der Waals surface area contributed by atoms with Gasteiger partial charge in [-0.05, 0) is 22.0 Å². The van der Waals surface area contributed by atoms with Crippen molar-refractivity contribution in [3.63, 3.8) is 0 Å². The molecule has 0 saturated heterocycles. The van der Waals surface area contributed by atoms with E-state index < -0.39 is 4.92 Å². The summed E-state index contributed by atoms with van der Waals surface area (Å²) in [7, 11) is 0. The Kier molecular flexibility index (Phi) is 3.64. The third-order valence-electron chi connectivity index (χ3n) is 1.60. The minimum Gasteiger partial charge on any atom is -0.380 e. The average Bonchev–Trinajstić information content (AvgIpc) is 2.16. The van der Waals surface area contributed by atoms with Crippen molar-refractivity contribution >= 4 is 27.3 Å². The summed E-state index contributed by atoms with van der Waals surface area (Å²) < 4.78 is 0.796. The molecule has 0 aromatic heterocycles. The lowest BCUT2D eigenvalue weighted by Gasteiger charge is -2.05. The van der Waals surface area contributed by atoms with E-state index in [-0.39, 0.29) is 5.69 Å². The SMILES string of the molecule is C=CCNc1cc([N+](=O)[O-])ccc1Br. The lowest BCUT2D eigenvalue weighted by Crippen LogP contribution is -1.99. The zero-order chi connectivity index (χ0) is 10.6. The number of hydrogen-bond donors (Lipinski definition) is 1. The Morgan fingerprint density at radius 1 is 1.64 bits per heavy atom. The van der Waals surface area contributed by atoms with Crippen LogP contribution in [-0.4, -0.2) is 11.5 Å². The molecule has 1 N–H and O–H groups in total. The topological polar surface area (TPSA) is 55.2 Å². The van der Waals surface area contributed by atoms with Crippen molar-refractivity contribution in [2.45, 2.75) is 0 Å². The van der Waals surface area contributed by atoms with Gasteiger partial charge in [-0.2, -0.15) is 0 Å². The van der Waals surface area contributed by atoms with Gasteiger partial charge in [0.05, 0.1) is 10.6 Å². The van der Waals surface area contributed by atoms with Crippen LogP contribution in [0.3, 0.4) is 0 Å². The summed E-state index contributed by atoms with van der Waals surface area (Å²) in [6.07, 6.45) is 1.69. The van der Waals surface area contributed by atoms with Gasteiger partial charge in [0.1, 0.15) is 0 Å². The predicted molar refractivity (Wildman–Crippen MR) is 59.5 cm³/mol. The number of nitrogens with one attached hydrogen (secondary N) is 1. The van der Waals surface area contributed by atoms with Crippen LogP contribution < -0.4 is 5.32 Å². The zero-order valence-corrected chi connectivity index (χ0v) is 8.95. The van der Waals surface area contributed by atoms with Gasteiger partial charge < -0.3 is 5.32 Å². The fraction of sp³-hybridized carbons (Fsp3) is 0.111. The minimum atomic E-state index is -0.425. The molecule has 0 radical (unpaired) electrons. The molecule has 0 bridgehead atoms. The van der Waals surface area contributed by atoms with E-state index in [1.165, 1.54) is 12.1 Å². The van der Waals surface area contributed by atoms with Crippen LogP contribution in [0.15, 0.2) is 35.3 Å². The molecule has 0 fully saturated rings. The van der Waals surface area contributed by atoms with Crippen LogP contribution in [0, 0.1) is 10.1 Å². The van der Waals surface area contributed by atoms with Gasteiger partial charge in [0.2, 0.25) is 0 Å². The van der Waals surface area contributed by atoms with Crippen molar-refractivity contribution in [2.75, 3.05) is 11.9 Å². The van der Waals surface area contributed by atoms with E-state index in [4.69, 9.17) is 0 Å². The zero-order valence-electron chi connectivity index (χ0n) is 7.37. The van der Waals surface area contributed by atoms with Crippen LogP contribution in [0.4, 0.5) is 11.4 Å². The Bertz CT molecular complexity index is 366. The summed E-state index contributed by atoms with van der Waals surface area (Å²) in [6.45, 7) is 4.12. The fourth-order valence-corrected chi connectivity index (χ4v) is 1.33. The number of benzene rings is 1. The largest absolute Gasteiger partial charge is 0.380 e. The first-order valence-corrected chi connectivity index (χ1v) is 4.73. The molecule has 74 valence electrons. The van der Waals surface area contributed by atoms with Crippen molar-refractivity contribution in [1.29, 1.82) is 0 Å². The molecule has 0 aliphatic rings. The summed E-state index contributed by atoms with van der Waals surface area (Å²) in [5.41, 5.74) is 0.763. The monoisotopic (exact) mass is 256 g/mol. The Morgan fingerprint density at radius 2 is 2.36 bits per heavy atom. The van der Waals surface area contributed by atoms with E-state index in [1.807, 2.05) is 0 Å². The van der Waals surface area contributed by atoms with Gasteiger partial charge in [0.25, 0.3) is 5.69 Å². The van der Waals surface area contributed by atoms with Crippen molar-refractivity contribution in [3.8, 4) is 0 Å². The number of rotatable bonds is 4. The molecule has 0 aliphatic carbocycles. The van der Waals surface area contributed by atoms with Gasteiger partial charge in [0.15, 0.2) is 0 Å². The highest BCUT2D eigenvalue weighted by atomic mass is 79.9. The second-order valence-electron chi connectivity index (χ2n) is 2.59. The number of non-ortho nitro benzene ring substituents is 1. The maximum atomic E-state index is 10.5. The molecule has 0 aliphatic heterocycles. The maximum Gasteiger partial charge on any atom is 0.271 e. The van der Waals surface area contributed by atoms with E-state index in [0.29, 0.717) is 12.2 Å². The normalized spacial score (nSPS) is 9.50. The van der Waals surface area contributed by atoms with Crippen LogP contribution >= 0.6 is 15.9 Å². The first-order valence-electron chi connectivity index (χ1n) is 3.94. The molecule has 0 atom stereocenters. The highest BCUT2D eigenvalue weighted by Gasteiger charge is 2.08. The summed E-state index contributed by atoms with van der Waals surface area (Å²) in [5.74, 6) is 0. The molecule has 5 heteroatoms. The van der Waals surface area contributed by atoms with Crippen LogP contribution in [0.1, 0.15) is 0 Å². The van der Waals surface area contributed by atoms with Crippen LogP contribution in [0.5, 0.6) is 0 Å². The lowest BCUT2D eigenvalue weighted by molar-refractivity contribution is -0.384. The highest BCUT2D eigenvalue weighted by Crippen LogP contribution is 2.26. The Hall–Kier alpha value is -1.36. The van der Waals surface area contributed by atoms with E-state index in [1.54, 1.807) is 12.1 Å². The molecule has 0 saturated carbocycles. The van der Waals surface area contributed by atoms with Gasteiger partial charge in [-0.3, -0.25) is 10.1 Å². The third-order valence-corrected chi connectivity index (χ3v) is 2.29. The van der Waals surface area contributed by atoms with Crippen LogP contribution in [-0.2, 0) is 0 Å². The van der Waals surface area contributed by atoms with Crippen molar-refractivity contribution < 1.29 is 4.92 Å². The van der Waals surface area contributed by atoms with Crippen LogP contribution in [0.2, 0.25) is 0 Å². The quantitative estimate of drug-likeness (QED) is 0.512. The maximum absolute atomic E-state index is 10.5. The molecule has 0 amide bonds. The van der Waals surface area contributed by atoms with Gasteiger partial charge >= 0.3 is 0 Å². The standard InChI is InChI=1S/C9H9BrN2O2/c1-2-5-11-9-6-7(12(13)14)3-4-8(9)10/h2-4,6,11H,1,5H2. The summed E-state index contributed by atoms with van der Waals surface area (Å²) in [4.78, 5) is 10.1. The van der Waals surface area contributed by atoms with Gasteiger partial charge in [-0.1, -0.05) is 6.08 Å². The molecular weight excluding hydrogens is 248 g/mol. The van der Waals surface area contributed by atoms with Crippen molar-refractivity contribution in [1.82, 2.24) is 0 Å². The molecule has 14 heavy (non-hydrogen) atoms. The van der Waals surface area contributed by atoms with Crippen molar-refractivity contribution in [2.24, 2.45) is 0 Å². The molecule has 0 unspecified atom stereocenters. The first kappa shape index (κ1) is 10.7. The predicted octanol–water partition coefficient (Wildman–Crippen LogP) is 2.96. The summed E-state index contributed by atoms with van der Waals surface area (Å²) in [6, 6.07) is 4.57. The van der Waals surface area contributed by atoms with E-state index in [0.717, 1.165) is 4.47 Å². The second kappa shape index (κ2) is 4.76. The van der Waals surface area contributed by atoms with Crippen LogP contribution in [0.25, 0.3) is 0 Å². The molecule has 1 rings (SSSR count). The fourth-order valence-electron chi connectivity index (χ4n) is 0.944. The smallest absolute Gasteiger partial charge is 0.271 e. The van der Waals surface area contributed by atoms with Gasteiger partial charge in [-0.15, -0.1) is 6.58 Å². The molecule has 1 aromatic carbocycles. The van der Waals surface area contributed by atoms with Gasteiger partial charge in [0, 0.05) is 23.2 Å². The number of nitro benzene ring substituents is 1. The van der Waals surface area contributed by atoms with Crippen molar-refractivity contribution in [3.05, 3.63) is 45.4 Å². The molecule has 0 spiro atoms. The Labute approximate surface area is 89.9 Å².